The molecule has 33 heavy (non-hydrogen) atoms. The van der Waals surface area contributed by atoms with E-state index in [1.54, 1.807) is 19.2 Å². The molecule has 0 aliphatic rings. The van der Waals surface area contributed by atoms with Crippen LogP contribution in [0.25, 0.3) is 22.6 Å². The topological polar surface area (TPSA) is 166 Å². The Morgan fingerprint density at radius 2 is 1.79 bits per heavy atom. The molecule has 6 N–H and O–H groups in total. The van der Waals surface area contributed by atoms with Gasteiger partial charge < -0.3 is 40.0 Å². The summed E-state index contributed by atoms with van der Waals surface area (Å²) in [4.78, 5) is 16.0. The number of ether oxygens (including phenoxy) is 1. The van der Waals surface area contributed by atoms with Crippen molar-refractivity contribution in [3.05, 3.63) is 45.9 Å². The SMILES string of the molecule is CNC[C@H](O)[C@@H](O)[C@H](Oc1cc(C(=O)O)cc2oc(-c3cc(Cl)cc(Cl)c3)nc12)[C@H](O)CO. The van der Waals surface area contributed by atoms with E-state index in [9.17, 15) is 30.3 Å². The largest absolute Gasteiger partial charge is 0.482 e. The lowest BCUT2D eigenvalue weighted by Gasteiger charge is -2.30. The molecule has 1 heterocycles. The predicted octanol–water partition coefficient (Wildman–Crippen LogP) is 1.54. The van der Waals surface area contributed by atoms with E-state index in [0.29, 0.717) is 15.6 Å². The maximum absolute atomic E-state index is 11.6. The Hall–Kier alpha value is -2.44. The van der Waals surface area contributed by atoms with Crippen LogP contribution in [0.15, 0.2) is 34.7 Å². The third-order valence-corrected chi connectivity index (χ3v) is 5.23. The van der Waals surface area contributed by atoms with Crippen molar-refractivity contribution in [1.29, 1.82) is 0 Å². The number of benzene rings is 2. The number of hydrogen-bond donors (Lipinski definition) is 6. The fraction of sp³-hybridized carbons (Fsp3) is 0.333. The van der Waals surface area contributed by atoms with Gasteiger partial charge in [-0.2, -0.15) is 0 Å². The second-order valence-electron chi connectivity index (χ2n) is 7.25. The van der Waals surface area contributed by atoms with Crippen LogP contribution in [0.5, 0.6) is 5.75 Å². The summed E-state index contributed by atoms with van der Waals surface area (Å²) in [6.07, 6.45) is -6.12. The van der Waals surface area contributed by atoms with Gasteiger partial charge in [0.15, 0.2) is 17.2 Å². The number of nitrogens with one attached hydrogen (secondary N) is 1. The van der Waals surface area contributed by atoms with Gasteiger partial charge in [-0.3, -0.25) is 0 Å². The van der Waals surface area contributed by atoms with E-state index in [4.69, 9.17) is 32.4 Å². The molecule has 2 aromatic carbocycles. The van der Waals surface area contributed by atoms with Crippen LogP contribution < -0.4 is 10.1 Å². The Morgan fingerprint density at radius 3 is 2.36 bits per heavy atom. The Labute approximate surface area is 198 Å². The minimum absolute atomic E-state index is 0.0343. The van der Waals surface area contributed by atoms with Crippen molar-refractivity contribution in [3.8, 4) is 17.2 Å². The normalized spacial score (nSPS) is 15.2. The van der Waals surface area contributed by atoms with Crippen molar-refractivity contribution < 1.29 is 39.5 Å². The van der Waals surface area contributed by atoms with Crippen molar-refractivity contribution in [2.45, 2.75) is 24.4 Å². The monoisotopic (exact) mass is 500 g/mol. The smallest absolute Gasteiger partial charge is 0.335 e. The molecule has 0 amide bonds. The molecule has 1 aromatic heterocycles. The molecule has 0 saturated heterocycles. The molecule has 0 radical (unpaired) electrons. The first-order valence-corrected chi connectivity index (χ1v) is 10.5. The number of rotatable bonds is 10. The van der Waals surface area contributed by atoms with Gasteiger partial charge in [0.2, 0.25) is 5.89 Å². The summed E-state index contributed by atoms with van der Waals surface area (Å²) < 4.78 is 11.4. The van der Waals surface area contributed by atoms with Crippen molar-refractivity contribution in [2.75, 3.05) is 20.2 Å². The van der Waals surface area contributed by atoms with E-state index in [1.807, 2.05) is 0 Å². The third kappa shape index (κ3) is 5.74. The first-order valence-electron chi connectivity index (χ1n) is 9.75. The van der Waals surface area contributed by atoms with Gasteiger partial charge in [-0.1, -0.05) is 23.2 Å². The highest BCUT2D eigenvalue weighted by molar-refractivity contribution is 6.35. The summed E-state index contributed by atoms with van der Waals surface area (Å²) in [6, 6.07) is 6.98. The highest BCUT2D eigenvalue weighted by atomic mass is 35.5. The molecule has 178 valence electrons. The number of oxazole rings is 1. The molecule has 3 rings (SSSR count). The Kier molecular flexibility index (Phi) is 8.14. The van der Waals surface area contributed by atoms with E-state index >= 15 is 0 Å². The maximum Gasteiger partial charge on any atom is 0.335 e. The molecule has 0 spiro atoms. The number of nitrogens with zero attached hydrogens (tertiary/aromatic N) is 1. The van der Waals surface area contributed by atoms with Gasteiger partial charge in [-0.15, -0.1) is 0 Å². The first-order chi connectivity index (χ1) is 15.6. The summed E-state index contributed by atoms with van der Waals surface area (Å²) >= 11 is 12.1. The number of carboxylic acid groups (broad SMARTS) is 1. The number of aromatic carboxylic acids is 1. The number of hydrogen-bond acceptors (Lipinski definition) is 9. The van der Waals surface area contributed by atoms with E-state index in [2.05, 4.69) is 10.3 Å². The fourth-order valence-electron chi connectivity index (χ4n) is 3.19. The molecule has 3 aromatic rings. The lowest BCUT2D eigenvalue weighted by molar-refractivity contribution is -0.102. The van der Waals surface area contributed by atoms with E-state index in [1.165, 1.54) is 12.1 Å². The van der Waals surface area contributed by atoms with E-state index in [0.717, 1.165) is 6.07 Å². The molecule has 0 saturated carbocycles. The number of fused-ring (bicyclic) bond motifs is 1. The molecule has 0 aliphatic heterocycles. The summed E-state index contributed by atoms with van der Waals surface area (Å²) in [5.74, 6) is -1.38. The molecule has 12 heteroatoms. The van der Waals surface area contributed by atoms with Gasteiger partial charge in [-0.25, -0.2) is 9.78 Å². The van der Waals surface area contributed by atoms with Crippen molar-refractivity contribution in [3.63, 3.8) is 0 Å². The molecule has 4 atom stereocenters. The minimum Gasteiger partial charge on any atom is -0.482 e. The van der Waals surface area contributed by atoms with Gasteiger partial charge in [0.05, 0.1) is 18.3 Å². The molecular formula is C21H22Cl2N2O8. The number of aliphatic hydroxyl groups is 4. The van der Waals surface area contributed by atoms with Crippen LogP contribution in [-0.4, -0.2) is 81.1 Å². The van der Waals surface area contributed by atoms with Crippen LogP contribution in [0.1, 0.15) is 10.4 Å². The van der Waals surface area contributed by atoms with Crippen LogP contribution in [0.2, 0.25) is 10.0 Å². The van der Waals surface area contributed by atoms with Crippen LogP contribution in [0.3, 0.4) is 0 Å². The average Bonchev–Trinajstić information content (AvgIpc) is 3.20. The fourth-order valence-corrected chi connectivity index (χ4v) is 3.71. The number of likely N-dealkylation sites (N-methyl/N-ethyl adjacent to an activating group) is 1. The molecule has 10 nitrogen and oxygen atoms in total. The first kappa shape index (κ1) is 25.2. The van der Waals surface area contributed by atoms with Gasteiger partial charge >= 0.3 is 5.97 Å². The van der Waals surface area contributed by atoms with Crippen LogP contribution in [0, 0.1) is 0 Å². The zero-order chi connectivity index (χ0) is 24.3. The second-order valence-corrected chi connectivity index (χ2v) is 8.12. The van der Waals surface area contributed by atoms with Gasteiger partial charge in [0.25, 0.3) is 0 Å². The Balaban J connectivity index is 2.11. The highest BCUT2D eigenvalue weighted by Gasteiger charge is 2.34. The standard InChI is InChI=1S/C21H22Cl2N2O8/c1-24-7-13(27)18(29)19(14(28)8-26)32-15-4-10(21(30)31)5-16-17(15)25-20(33-16)9-2-11(22)6-12(23)3-9/h2-6,13-14,18-19,24,26-29H,7-8H2,1H3,(H,30,31)/t13-,14+,18+,19+/m0/s1. The van der Waals surface area contributed by atoms with Crippen LogP contribution >= 0.6 is 23.2 Å². The Bertz CT molecular complexity index is 1120. The van der Waals surface area contributed by atoms with Crippen molar-refractivity contribution >= 4 is 40.3 Å². The zero-order valence-electron chi connectivity index (χ0n) is 17.3. The van der Waals surface area contributed by atoms with Crippen molar-refractivity contribution in [1.82, 2.24) is 10.3 Å². The van der Waals surface area contributed by atoms with Crippen LogP contribution in [0.4, 0.5) is 0 Å². The number of halogens is 2. The summed E-state index contributed by atoms with van der Waals surface area (Å²) in [7, 11) is 1.55. The molecule has 0 aliphatic carbocycles. The summed E-state index contributed by atoms with van der Waals surface area (Å²) in [5.41, 5.74) is 0.324. The molecular weight excluding hydrogens is 479 g/mol. The van der Waals surface area contributed by atoms with Gasteiger partial charge in [0.1, 0.15) is 18.0 Å². The zero-order valence-corrected chi connectivity index (χ0v) is 18.8. The minimum atomic E-state index is -1.64. The second kappa shape index (κ2) is 10.7. The average molecular weight is 501 g/mol. The summed E-state index contributed by atoms with van der Waals surface area (Å²) in [5, 5.41) is 53.1. The molecule has 0 unspecified atom stereocenters. The lowest BCUT2D eigenvalue weighted by atomic mass is 10.0. The lowest BCUT2D eigenvalue weighted by Crippen LogP contribution is -2.51. The highest BCUT2D eigenvalue weighted by Crippen LogP contribution is 2.34. The number of carboxylic acids is 1. The predicted molar refractivity (Wildman–Crippen MR) is 120 cm³/mol. The maximum atomic E-state index is 11.6. The third-order valence-electron chi connectivity index (χ3n) is 4.79. The van der Waals surface area contributed by atoms with Crippen LogP contribution in [-0.2, 0) is 0 Å². The molecule has 0 fully saturated rings. The van der Waals surface area contributed by atoms with Gasteiger partial charge in [0, 0.05) is 22.2 Å². The number of aliphatic hydroxyl groups excluding tert-OH is 4. The number of aromatic nitrogens is 1. The quantitative estimate of drug-likeness (QED) is 0.240. The molecule has 0 bridgehead atoms. The van der Waals surface area contributed by atoms with E-state index < -0.39 is 37.0 Å². The number of carbonyl (C=O) groups is 1. The van der Waals surface area contributed by atoms with Crippen molar-refractivity contribution in [2.24, 2.45) is 0 Å². The van der Waals surface area contributed by atoms with E-state index in [-0.39, 0.29) is 34.8 Å². The summed E-state index contributed by atoms with van der Waals surface area (Å²) in [6.45, 7) is -0.825. The Morgan fingerprint density at radius 1 is 1.12 bits per heavy atom. The van der Waals surface area contributed by atoms with Gasteiger partial charge in [-0.05, 0) is 37.4 Å².